The van der Waals surface area contributed by atoms with Gasteiger partial charge in [0.05, 0.1) is 11.7 Å². The highest BCUT2D eigenvalue weighted by Crippen LogP contribution is 2.42. The fraction of sp³-hybridized carbons (Fsp3) is 0.737. The largest absolute Gasteiger partial charge is 0.436 e. The summed E-state index contributed by atoms with van der Waals surface area (Å²) in [5, 5.41) is 0. The Balaban J connectivity index is 1.53. The average Bonchev–Trinajstić information content (AvgIpc) is 3.24. The van der Waals surface area contributed by atoms with E-state index in [0.29, 0.717) is 12.0 Å². The topological polar surface area (TPSA) is 60.7 Å². The standard InChI is InChI=1S/C19H33N2O2PS/c1-4-19(3)17(22-19)13-12-16(2)10-6-5-9-15-24(20,25)23-18-11-7-8-14-21-18/h7-8,11,14,16-17H,4-6,9-10,12-13,15H2,1-3H3,(H2,20,25). The van der Waals surface area contributed by atoms with Crippen LogP contribution >= 0.6 is 6.42 Å². The third-order valence-corrected chi connectivity index (χ3v) is 7.42. The molecule has 6 heteroatoms. The normalized spacial score (nSPS) is 26.0. The molecular weight excluding hydrogens is 351 g/mol. The number of rotatable bonds is 12. The molecule has 0 radical (unpaired) electrons. The van der Waals surface area contributed by atoms with E-state index in [1.807, 2.05) is 18.2 Å². The minimum Gasteiger partial charge on any atom is -0.436 e. The summed E-state index contributed by atoms with van der Waals surface area (Å²) in [6.45, 7) is 6.79. The minimum atomic E-state index is -2.26. The maximum absolute atomic E-state index is 6.17. The van der Waals surface area contributed by atoms with Crippen molar-refractivity contribution in [2.45, 2.75) is 77.4 Å². The van der Waals surface area contributed by atoms with Gasteiger partial charge in [-0.2, -0.15) is 0 Å². The molecule has 4 nitrogen and oxygen atoms in total. The number of unbranched alkanes of at least 4 members (excludes halogenated alkanes) is 2. The van der Waals surface area contributed by atoms with Gasteiger partial charge in [0, 0.05) is 18.4 Å². The zero-order valence-electron chi connectivity index (χ0n) is 15.8. The molecule has 0 saturated carbocycles. The molecule has 1 aromatic heterocycles. The molecule has 0 amide bonds. The van der Waals surface area contributed by atoms with Crippen LogP contribution in [0.3, 0.4) is 0 Å². The number of ether oxygens (including phenoxy) is 1. The SMILES string of the molecule is CCC1(C)OC1CCC(C)CCCCCP(N)(=S)Oc1ccccn1. The summed E-state index contributed by atoms with van der Waals surface area (Å²) in [5.74, 6) is 1.30. The molecule has 1 aliphatic heterocycles. The third kappa shape index (κ3) is 7.34. The van der Waals surface area contributed by atoms with E-state index in [0.717, 1.165) is 31.3 Å². The van der Waals surface area contributed by atoms with Gasteiger partial charge in [0.1, 0.15) is 0 Å². The summed E-state index contributed by atoms with van der Waals surface area (Å²) in [4.78, 5) is 4.14. The first-order chi connectivity index (χ1) is 11.8. The fourth-order valence-corrected chi connectivity index (χ4v) is 4.95. The van der Waals surface area contributed by atoms with Gasteiger partial charge in [-0.3, -0.25) is 5.50 Å². The van der Waals surface area contributed by atoms with E-state index in [1.165, 1.54) is 25.7 Å². The number of aromatic nitrogens is 1. The van der Waals surface area contributed by atoms with E-state index in [1.54, 1.807) is 6.20 Å². The van der Waals surface area contributed by atoms with Crippen LogP contribution in [0.5, 0.6) is 5.88 Å². The van der Waals surface area contributed by atoms with Crippen molar-refractivity contribution < 1.29 is 9.26 Å². The fourth-order valence-electron chi connectivity index (χ4n) is 3.15. The van der Waals surface area contributed by atoms with Crippen LogP contribution in [0.25, 0.3) is 0 Å². The van der Waals surface area contributed by atoms with Crippen LogP contribution in [-0.4, -0.2) is 22.9 Å². The molecule has 4 atom stereocenters. The predicted octanol–water partition coefficient (Wildman–Crippen LogP) is 5.27. The van der Waals surface area contributed by atoms with E-state index < -0.39 is 6.42 Å². The first kappa shape index (κ1) is 20.8. The molecule has 0 aromatic carbocycles. The highest BCUT2D eigenvalue weighted by molar-refractivity contribution is 8.11. The van der Waals surface area contributed by atoms with Crippen molar-refractivity contribution in [3.05, 3.63) is 24.4 Å². The van der Waals surface area contributed by atoms with E-state index in [2.05, 4.69) is 25.8 Å². The highest BCUT2D eigenvalue weighted by Gasteiger charge is 2.49. The Kier molecular flexibility index (Phi) is 7.88. The lowest BCUT2D eigenvalue weighted by atomic mass is 9.94. The predicted molar refractivity (Wildman–Crippen MR) is 109 cm³/mol. The first-order valence-corrected chi connectivity index (χ1v) is 12.5. The van der Waals surface area contributed by atoms with Gasteiger partial charge in [-0.15, -0.1) is 0 Å². The summed E-state index contributed by atoms with van der Waals surface area (Å²) in [7, 11) is 0. The Labute approximate surface area is 158 Å². The van der Waals surface area contributed by atoms with Gasteiger partial charge in [0.15, 0.2) is 6.42 Å². The molecule has 4 unspecified atom stereocenters. The van der Waals surface area contributed by atoms with Crippen LogP contribution < -0.4 is 10.0 Å². The van der Waals surface area contributed by atoms with E-state index in [-0.39, 0.29) is 5.60 Å². The van der Waals surface area contributed by atoms with Crippen LogP contribution in [0.4, 0.5) is 0 Å². The van der Waals surface area contributed by atoms with Gasteiger partial charge in [-0.25, -0.2) is 4.98 Å². The van der Waals surface area contributed by atoms with Crippen LogP contribution in [0.15, 0.2) is 24.4 Å². The molecular formula is C19H33N2O2PS. The molecule has 0 bridgehead atoms. The number of nitrogens with two attached hydrogens (primary N) is 1. The second kappa shape index (κ2) is 9.45. The number of pyridine rings is 1. The number of epoxide rings is 1. The molecule has 2 heterocycles. The second-order valence-corrected chi connectivity index (χ2v) is 11.4. The lowest BCUT2D eigenvalue weighted by Gasteiger charge is -2.17. The molecule has 25 heavy (non-hydrogen) atoms. The van der Waals surface area contributed by atoms with Crippen molar-refractivity contribution in [1.29, 1.82) is 0 Å². The Morgan fingerprint density at radius 2 is 2.16 bits per heavy atom. The van der Waals surface area contributed by atoms with Crippen LogP contribution in [0, 0.1) is 5.92 Å². The Morgan fingerprint density at radius 1 is 1.36 bits per heavy atom. The zero-order valence-corrected chi connectivity index (χ0v) is 17.5. The molecule has 2 N–H and O–H groups in total. The van der Waals surface area contributed by atoms with Gasteiger partial charge >= 0.3 is 0 Å². The summed E-state index contributed by atoms with van der Waals surface area (Å²) in [6.07, 6.45) is 8.99. The molecule has 142 valence electrons. The van der Waals surface area contributed by atoms with Gasteiger partial charge in [0.25, 0.3) is 0 Å². The number of hydrogen-bond donors (Lipinski definition) is 1. The van der Waals surface area contributed by atoms with E-state index in [9.17, 15) is 0 Å². The molecule has 1 fully saturated rings. The van der Waals surface area contributed by atoms with Crippen molar-refractivity contribution in [3.8, 4) is 5.88 Å². The lowest BCUT2D eigenvalue weighted by molar-refractivity contribution is 0.295. The summed E-state index contributed by atoms with van der Waals surface area (Å²) in [6, 6.07) is 5.55. The van der Waals surface area contributed by atoms with Crippen molar-refractivity contribution >= 4 is 18.2 Å². The number of hydrogen-bond acceptors (Lipinski definition) is 4. The molecule has 2 rings (SSSR count). The minimum absolute atomic E-state index is 0.172. The van der Waals surface area contributed by atoms with Gasteiger partial charge < -0.3 is 9.26 Å². The molecule has 0 spiro atoms. The smallest absolute Gasteiger partial charge is 0.218 e. The van der Waals surface area contributed by atoms with E-state index in [4.69, 9.17) is 26.6 Å². The monoisotopic (exact) mass is 384 g/mol. The van der Waals surface area contributed by atoms with Crippen LogP contribution in [-0.2, 0) is 16.5 Å². The van der Waals surface area contributed by atoms with Gasteiger partial charge in [-0.1, -0.05) is 39.2 Å². The number of nitrogens with zero attached hydrogens (tertiary/aromatic N) is 1. The van der Waals surface area contributed by atoms with Crippen LogP contribution in [0.2, 0.25) is 0 Å². The van der Waals surface area contributed by atoms with Crippen molar-refractivity contribution in [2.75, 3.05) is 6.16 Å². The molecule has 1 aromatic rings. The van der Waals surface area contributed by atoms with Crippen LogP contribution in [0.1, 0.15) is 65.7 Å². The first-order valence-electron chi connectivity index (χ1n) is 9.51. The maximum Gasteiger partial charge on any atom is 0.218 e. The Morgan fingerprint density at radius 3 is 2.80 bits per heavy atom. The van der Waals surface area contributed by atoms with Crippen molar-refractivity contribution in [3.63, 3.8) is 0 Å². The quantitative estimate of drug-likeness (QED) is 0.302. The Hall–Kier alpha value is -0.480. The molecule has 1 saturated heterocycles. The molecule has 0 aliphatic carbocycles. The van der Waals surface area contributed by atoms with Gasteiger partial charge in [-0.05, 0) is 56.4 Å². The summed E-state index contributed by atoms with van der Waals surface area (Å²) >= 11 is 5.45. The second-order valence-electron chi connectivity index (χ2n) is 7.51. The van der Waals surface area contributed by atoms with Gasteiger partial charge in [0.2, 0.25) is 5.88 Å². The zero-order chi connectivity index (χ0) is 18.3. The third-order valence-electron chi connectivity index (χ3n) is 5.21. The average molecular weight is 385 g/mol. The van der Waals surface area contributed by atoms with Crippen molar-refractivity contribution in [2.24, 2.45) is 11.4 Å². The maximum atomic E-state index is 6.17. The lowest BCUT2D eigenvalue weighted by Crippen LogP contribution is -2.09. The summed E-state index contributed by atoms with van der Waals surface area (Å²) in [5.41, 5.74) is 6.34. The Bertz CT molecular complexity index is 572. The highest BCUT2D eigenvalue weighted by atomic mass is 32.4. The van der Waals surface area contributed by atoms with Crippen molar-refractivity contribution in [1.82, 2.24) is 4.98 Å². The van der Waals surface area contributed by atoms with E-state index >= 15 is 0 Å². The molecule has 1 aliphatic rings. The summed E-state index contributed by atoms with van der Waals surface area (Å²) < 4.78 is 11.5.